The van der Waals surface area contributed by atoms with Gasteiger partial charge in [-0.05, 0) is 31.1 Å². The van der Waals surface area contributed by atoms with Gasteiger partial charge in [0.25, 0.3) is 10.1 Å². The Bertz CT molecular complexity index is 394. The van der Waals surface area contributed by atoms with E-state index in [1.807, 2.05) is 0 Å². The third-order valence-electron chi connectivity index (χ3n) is 3.59. The molecule has 0 bridgehead atoms. The Morgan fingerprint density at radius 1 is 1.22 bits per heavy atom. The van der Waals surface area contributed by atoms with Crippen molar-refractivity contribution in [3.05, 3.63) is 0 Å². The van der Waals surface area contributed by atoms with Crippen molar-refractivity contribution in [2.24, 2.45) is 5.41 Å². The molecule has 1 rings (SSSR count). The van der Waals surface area contributed by atoms with Crippen LogP contribution in [0.2, 0.25) is 0 Å². The first-order chi connectivity index (χ1) is 7.93. The van der Waals surface area contributed by atoms with Gasteiger partial charge in [-0.1, -0.05) is 6.92 Å². The lowest BCUT2D eigenvalue weighted by Crippen LogP contribution is -2.50. The maximum absolute atomic E-state index is 12.6. The summed E-state index contributed by atoms with van der Waals surface area (Å²) >= 11 is 0. The van der Waals surface area contributed by atoms with Crippen LogP contribution in [-0.2, 0) is 14.3 Å². The highest BCUT2D eigenvalue weighted by Crippen LogP contribution is 2.48. The van der Waals surface area contributed by atoms with Crippen LogP contribution in [0.25, 0.3) is 0 Å². The fraction of sp³-hybridized carbons (Fsp3) is 1.00. The van der Waals surface area contributed by atoms with E-state index < -0.39 is 40.2 Å². The van der Waals surface area contributed by atoms with Crippen LogP contribution in [-0.4, -0.2) is 38.2 Å². The molecule has 1 aliphatic carbocycles. The standard InChI is InChI=1S/C10H17F3O4S/c1-8(7-18(15,16)17-2)3-5-9(14,6-4-8)10(11,12)13/h14H,3-7H2,1-2H3. The van der Waals surface area contributed by atoms with Crippen molar-refractivity contribution < 1.29 is 30.9 Å². The number of hydrogen-bond acceptors (Lipinski definition) is 4. The monoisotopic (exact) mass is 290 g/mol. The van der Waals surface area contributed by atoms with Gasteiger partial charge in [0.15, 0.2) is 5.60 Å². The maximum atomic E-state index is 12.6. The van der Waals surface area contributed by atoms with Crippen LogP contribution in [0.1, 0.15) is 32.6 Å². The highest BCUT2D eigenvalue weighted by Gasteiger charge is 2.56. The number of hydrogen-bond donors (Lipinski definition) is 1. The van der Waals surface area contributed by atoms with Crippen LogP contribution in [0.15, 0.2) is 0 Å². The minimum Gasteiger partial charge on any atom is -0.380 e. The molecule has 1 fully saturated rings. The van der Waals surface area contributed by atoms with Crippen molar-refractivity contribution in [2.45, 2.75) is 44.4 Å². The second-order valence-corrected chi connectivity index (χ2v) is 6.95. The zero-order valence-corrected chi connectivity index (χ0v) is 11.1. The molecule has 0 aromatic rings. The fourth-order valence-corrected chi connectivity index (χ4v) is 3.44. The molecule has 0 saturated heterocycles. The molecular formula is C10H17F3O4S. The Balaban J connectivity index is 2.74. The normalized spacial score (nSPS) is 34.6. The van der Waals surface area contributed by atoms with Gasteiger partial charge in [-0.2, -0.15) is 21.6 Å². The van der Waals surface area contributed by atoms with Gasteiger partial charge < -0.3 is 5.11 Å². The SMILES string of the molecule is COS(=O)(=O)CC1(C)CCC(O)(C(F)(F)F)CC1. The molecule has 0 unspecified atom stereocenters. The van der Waals surface area contributed by atoms with Crippen molar-refractivity contribution >= 4 is 10.1 Å². The van der Waals surface area contributed by atoms with E-state index in [0.717, 1.165) is 7.11 Å². The quantitative estimate of drug-likeness (QED) is 0.806. The molecule has 0 heterocycles. The third-order valence-corrected chi connectivity index (χ3v) is 5.15. The third kappa shape index (κ3) is 3.36. The van der Waals surface area contributed by atoms with Gasteiger partial charge in [-0.3, -0.25) is 4.18 Å². The van der Waals surface area contributed by atoms with E-state index in [4.69, 9.17) is 0 Å². The van der Waals surface area contributed by atoms with Crippen molar-refractivity contribution in [1.29, 1.82) is 0 Å². The molecule has 0 aliphatic heterocycles. The largest absolute Gasteiger partial charge is 0.417 e. The first-order valence-corrected chi connectivity index (χ1v) is 7.08. The van der Waals surface area contributed by atoms with Gasteiger partial charge in [-0.15, -0.1) is 0 Å². The minimum atomic E-state index is -4.67. The van der Waals surface area contributed by atoms with Crippen LogP contribution in [0.5, 0.6) is 0 Å². The minimum absolute atomic E-state index is 0.00833. The highest BCUT2D eigenvalue weighted by atomic mass is 32.2. The average molecular weight is 290 g/mol. The molecule has 0 aromatic carbocycles. The molecule has 0 aromatic heterocycles. The summed E-state index contributed by atoms with van der Waals surface area (Å²) in [5.41, 5.74) is -3.48. The predicted molar refractivity (Wildman–Crippen MR) is 58.4 cm³/mol. The summed E-state index contributed by atoms with van der Waals surface area (Å²) in [5.74, 6) is -0.329. The lowest BCUT2D eigenvalue weighted by molar-refractivity contribution is -0.274. The van der Waals surface area contributed by atoms with Gasteiger partial charge in [0, 0.05) is 0 Å². The molecule has 0 amide bonds. The van der Waals surface area contributed by atoms with Gasteiger partial charge >= 0.3 is 6.18 Å². The molecular weight excluding hydrogens is 273 g/mol. The zero-order chi connectivity index (χ0) is 14.2. The fourth-order valence-electron chi connectivity index (χ4n) is 2.18. The van der Waals surface area contributed by atoms with Gasteiger partial charge in [0.1, 0.15) is 0 Å². The summed E-state index contributed by atoms with van der Waals surface area (Å²) in [7, 11) is -2.69. The van der Waals surface area contributed by atoms with Crippen LogP contribution >= 0.6 is 0 Å². The summed E-state index contributed by atoms with van der Waals surface area (Å²) in [6.45, 7) is 1.60. The van der Waals surface area contributed by atoms with E-state index in [1.165, 1.54) is 0 Å². The Morgan fingerprint density at radius 3 is 2.00 bits per heavy atom. The second kappa shape index (κ2) is 4.64. The van der Waals surface area contributed by atoms with Crippen molar-refractivity contribution in [3.8, 4) is 0 Å². The van der Waals surface area contributed by atoms with E-state index in [9.17, 15) is 26.7 Å². The number of aliphatic hydroxyl groups is 1. The Morgan fingerprint density at radius 2 is 1.67 bits per heavy atom. The molecule has 0 spiro atoms. The molecule has 1 aliphatic rings. The highest BCUT2D eigenvalue weighted by molar-refractivity contribution is 7.86. The van der Waals surface area contributed by atoms with E-state index in [0.29, 0.717) is 0 Å². The summed E-state index contributed by atoms with van der Waals surface area (Å²) in [4.78, 5) is 0. The zero-order valence-electron chi connectivity index (χ0n) is 10.2. The van der Waals surface area contributed by atoms with E-state index in [-0.39, 0.29) is 18.6 Å². The van der Waals surface area contributed by atoms with Crippen molar-refractivity contribution in [3.63, 3.8) is 0 Å². The summed E-state index contributed by atoms with van der Waals surface area (Å²) in [6, 6.07) is 0. The Kier molecular flexibility index (Phi) is 4.06. The molecule has 0 atom stereocenters. The van der Waals surface area contributed by atoms with Gasteiger partial charge in [0.05, 0.1) is 12.9 Å². The van der Waals surface area contributed by atoms with E-state index in [1.54, 1.807) is 6.92 Å². The van der Waals surface area contributed by atoms with Crippen LogP contribution in [0, 0.1) is 5.41 Å². The first kappa shape index (κ1) is 15.7. The number of rotatable bonds is 3. The summed E-state index contributed by atoms with van der Waals surface area (Å²) in [6.07, 6.45) is -5.65. The molecule has 4 nitrogen and oxygen atoms in total. The number of halogens is 3. The van der Waals surface area contributed by atoms with Crippen LogP contribution < -0.4 is 0 Å². The maximum Gasteiger partial charge on any atom is 0.417 e. The molecule has 1 saturated carbocycles. The molecule has 18 heavy (non-hydrogen) atoms. The van der Waals surface area contributed by atoms with Crippen molar-refractivity contribution in [2.75, 3.05) is 12.9 Å². The molecule has 108 valence electrons. The first-order valence-electron chi connectivity index (χ1n) is 5.51. The number of alkyl halides is 3. The van der Waals surface area contributed by atoms with E-state index in [2.05, 4.69) is 4.18 Å². The van der Waals surface area contributed by atoms with Gasteiger partial charge in [-0.25, -0.2) is 0 Å². The smallest absolute Gasteiger partial charge is 0.380 e. The topological polar surface area (TPSA) is 63.6 Å². The molecule has 8 heteroatoms. The lowest BCUT2D eigenvalue weighted by Gasteiger charge is -2.42. The average Bonchev–Trinajstić information content (AvgIpc) is 2.21. The lowest BCUT2D eigenvalue weighted by atomic mass is 9.70. The van der Waals surface area contributed by atoms with Crippen LogP contribution in [0.4, 0.5) is 13.2 Å². The molecule has 0 radical (unpaired) electrons. The van der Waals surface area contributed by atoms with Crippen LogP contribution in [0.3, 0.4) is 0 Å². The molecule has 1 N–H and O–H groups in total. The summed E-state index contributed by atoms with van der Waals surface area (Å²) in [5, 5.41) is 9.49. The van der Waals surface area contributed by atoms with E-state index >= 15 is 0 Å². The Labute approximate surface area is 104 Å². The van der Waals surface area contributed by atoms with Crippen molar-refractivity contribution in [1.82, 2.24) is 0 Å². The van der Waals surface area contributed by atoms with Gasteiger partial charge in [0.2, 0.25) is 0 Å². The second-order valence-electron chi connectivity index (χ2n) is 5.21. The summed E-state index contributed by atoms with van der Waals surface area (Å²) < 4.78 is 64.7. The predicted octanol–water partition coefficient (Wildman–Crippen LogP) is 1.84. The Hall–Kier alpha value is -0.340.